The number of ether oxygens (including phenoxy) is 3. The molecule has 1 aliphatic carbocycles. The monoisotopic (exact) mass is 320 g/mol. The molecule has 3 aliphatic rings. The fraction of sp³-hybridized carbons (Fsp3) is 0.529. The second-order valence-corrected chi connectivity index (χ2v) is 6.37. The number of hydrogen-bond acceptors (Lipinski definition) is 6. The largest absolute Gasteiger partial charge is 0.473 e. The van der Waals surface area contributed by atoms with E-state index in [1.165, 1.54) is 19.4 Å². The molecule has 6 heteroatoms. The van der Waals surface area contributed by atoms with Gasteiger partial charge in [0.2, 0.25) is 0 Å². The molecule has 3 rings (SSSR count). The standard InChI is InChI=1S/C17H20O6/c1-10-13-5-14-12(7-18)8-21-4-3-17(14,9-22-11(2)19)6-15(13)23-16(10)20/h3-4,8,13-15,18H,1,5-7,9H2,2H3/t13-,14+,15+,17+/m1/s1. The number of hydrogen-bond donors (Lipinski definition) is 1. The SMILES string of the molecule is C=C1C(=O)O[C@H]2C[C@]3(COC(C)=O)C=COC=C(CO)[C@@H]3C[C@H]12. The molecule has 1 saturated carbocycles. The molecule has 0 radical (unpaired) electrons. The van der Waals surface area contributed by atoms with E-state index >= 15 is 0 Å². The van der Waals surface area contributed by atoms with Crippen molar-refractivity contribution in [1.82, 2.24) is 0 Å². The highest BCUT2D eigenvalue weighted by Gasteiger charge is 2.54. The van der Waals surface area contributed by atoms with Gasteiger partial charge in [0.05, 0.1) is 19.1 Å². The van der Waals surface area contributed by atoms with Gasteiger partial charge in [-0.15, -0.1) is 0 Å². The van der Waals surface area contributed by atoms with E-state index in [0.29, 0.717) is 24.0 Å². The van der Waals surface area contributed by atoms with Crippen LogP contribution in [-0.4, -0.2) is 36.4 Å². The van der Waals surface area contributed by atoms with Crippen molar-refractivity contribution in [2.24, 2.45) is 17.3 Å². The van der Waals surface area contributed by atoms with Crippen molar-refractivity contribution in [3.8, 4) is 0 Å². The molecular formula is C17H20O6. The summed E-state index contributed by atoms with van der Waals surface area (Å²) in [5, 5.41) is 9.70. The van der Waals surface area contributed by atoms with Gasteiger partial charge in [0, 0.05) is 23.8 Å². The van der Waals surface area contributed by atoms with Crippen LogP contribution in [0.2, 0.25) is 0 Å². The number of aliphatic hydroxyl groups excluding tert-OH is 1. The van der Waals surface area contributed by atoms with Gasteiger partial charge in [-0.05, 0) is 30.4 Å². The Morgan fingerprint density at radius 1 is 1.57 bits per heavy atom. The molecule has 0 unspecified atom stereocenters. The van der Waals surface area contributed by atoms with E-state index in [4.69, 9.17) is 14.2 Å². The molecular weight excluding hydrogens is 300 g/mol. The van der Waals surface area contributed by atoms with Crippen molar-refractivity contribution in [2.75, 3.05) is 13.2 Å². The van der Waals surface area contributed by atoms with Crippen molar-refractivity contribution in [1.29, 1.82) is 0 Å². The highest BCUT2D eigenvalue weighted by molar-refractivity contribution is 5.90. The third-order valence-corrected chi connectivity index (χ3v) is 5.05. The van der Waals surface area contributed by atoms with Gasteiger partial charge in [-0.3, -0.25) is 4.79 Å². The van der Waals surface area contributed by atoms with Crippen LogP contribution < -0.4 is 0 Å². The first-order valence-corrected chi connectivity index (χ1v) is 7.63. The molecule has 0 amide bonds. The summed E-state index contributed by atoms with van der Waals surface area (Å²) in [7, 11) is 0. The molecule has 1 N–H and O–H groups in total. The minimum Gasteiger partial charge on any atom is -0.473 e. The zero-order valence-corrected chi connectivity index (χ0v) is 13.0. The van der Waals surface area contributed by atoms with Crippen molar-refractivity contribution in [3.63, 3.8) is 0 Å². The second kappa shape index (κ2) is 5.85. The molecule has 0 bridgehead atoms. The van der Waals surface area contributed by atoms with Crippen LogP contribution in [0.5, 0.6) is 0 Å². The van der Waals surface area contributed by atoms with E-state index in [-0.39, 0.29) is 43.1 Å². The minimum absolute atomic E-state index is 0.0839. The van der Waals surface area contributed by atoms with Gasteiger partial charge in [-0.25, -0.2) is 4.79 Å². The number of aliphatic hydroxyl groups is 1. The fourth-order valence-electron chi connectivity index (χ4n) is 3.83. The summed E-state index contributed by atoms with van der Waals surface area (Å²) in [4.78, 5) is 23.1. The Labute approximate surface area is 134 Å². The molecule has 23 heavy (non-hydrogen) atoms. The Morgan fingerprint density at radius 3 is 3.04 bits per heavy atom. The van der Waals surface area contributed by atoms with E-state index in [1.807, 2.05) is 6.08 Å². The van der Waals surface area contributed by atoms with Crippen LogP contribution in [0.1, 0.15) is 19.8 Å². The van der Waals surface area contributed by atoms with Gasteiger partial charge in [-0.2, -0.15) is 0 Å². The van der Waals surface area contributed by atoms with E-state index in [1.54, 1.807) is 0 Å². The van der Waals surface area contributed by atoms with E-state index < -0.39 is 5.41 Å². The van der Waals surface area contributed by atoms with Gasteiger partial charge < -0.3 is 19.3 Å². The second-order valence-electron chi connectivity index (χ2n) is 6.37. The summed E-state index contributed by atoms with van der Waals surface area (Å²) in [5.41, 5.74) is 0.623. The minimum atomic E-state index is -0.567. The van der Waals surface area contributed by atoms with Crippen LogP contribution in [-0.2, 0) is 23.8 Å². The molecule has 0 aromatic carbocycles. The van der Waals surface area contributed by atoms with Crippen LogP contribution in [0.3, 0.4) is 0 Å². The highest BCUT2D eigenvalue weighted by atomic mass is 16.6. The van der Waals surface area contributed by atoms with Crippen molar-refractivity contribution < 1.29 is 28.9 Å². The predicted octanol–water partition coefficient (Wildman–Crippen LogP) is 1.46. The lowest BCUT2D eigenvalue weighted by Gasteiger charge is -2.45. The van der Waals surface area contributed by atoms with Crippen LogP contribution in [0.4, 0.5) is 0 Å². The molecule has 4 atom stereocenters. The number of carbonyl (C=O) groups is 2. The summed E-state index contributed by atoms with van der Waals surface area (Å²) in [5.74, 6) is -0.937. The molecule has 0 aromatic heterocycles. The zero-order chi connectivity index (χ0) is 16.6. The molecule has 0 aromatic rings. The summed E-state index contributed by atoms with van der Waals surface area (Å²) in [6, 6.07) is 0. The van der Waals surface area contributed by atoms with E-state index in [0.717, 1.165) is 0 Å². The molecule has 2 aliphatic heterocycles. The van der Waals surface area contributed by atoms with Gasteiger partial charge in [-0.1, -0.05) is 6.58 Å². The average Bonchev–Trinajstić information content (AvgIpc) is 2.70. The Bertz CT molecular complexity index is 604. The van der Waals surface area contributed by atoms with Crippen molar-refractivity contribution in [2.45, 2.75) is 25.9 Å². The fourth-order valence-corrected chi connectivity index (χ4v) is 3.83. The molecule has 2 heterocycles. The first-order chi connectivity index (χ1) is 11.0. The predicted molar refractivity (Wildman–Crippen MR) is 79.7 cm³/mol. The summed E-state index contributed by atoms with van der Waals surface area (Å²) >= 11 is 0. The Balaban J connectivity index is 1.97. The normalized spacial score (nSPS) is 35.4. The molecule has 6 nitrogen and oxygen atoms in total. The Kier molecular flexibility index (Phi) is 4.02. The number of rotatable bonds is 3. The topological polar surface area (TPSA) is 82.1 Å². The lowest BCUT2D eigenvalue weighted by atomic mass is 9.60. The van der Waals surface area contributed by atoms with Crippen molar-refractivity contribution >= 4 is 11.9 Å². The smallest absolute Gasteiger partial charge is 0.334 e. The quantitative estimate of drug-likeness (QED) is 0.626. The number of fused-ring (bicyclic) bond motifs is 2. The number of esters is 2. The summed E-state index contributed by atoms with van der Waals surface area (Å²) in [6.45, 7) is 5.18. The van der Waals surface area contributed by atoms with Crippen LogP contribution in [0, 0.1) is 17.3 Å². The maximum atomic E-state index is 11.8. The van der Waals surface area contributed by atoms with Crippen LogP contribution in [0.25, 0.3) is 0 Å². The summed E-state index contributed by atoms with van der Waals surface area (Å²) in [6.07, 6.45) is 5.71. The lowest BCUT2D eigenvalue weighted by molar-refractivity contribution is -0.150. The highest BCUT2D eigenvalue weighted by Crippen LogP contribution is 2.53. The van der Waals surface area contributed by atoms with Gasteiger partial charge >= 0.3 is 11.9 Å². The maximum absolute atomic E-state index is 11.8. The lowest BCUT2D eigenvalue weighted by Crippen LogP contribution is -2.45. The third-order valence-electron chi connectivity index (χ3n) is 5.05. The summed E-state index contributed by atoms with van der Waals surface area (Å²) < 4.78 is 16.0. The van der Waals surface area contributed by atoms with E-state index in [2.05, 4.69) is 6.58 Å². The third kappa shape index (κ3) is 2.67. The van der Waals surface area contributed by atoms with Crippen LogP contribution in [0.15, 0.2) is 36.3 Å². The van der Waals surface area contributed by atoms with E-state index in [9.17, 15) is 14.7 Å². The molecule has 1 saturated heterocycles. The molecule has 124 valence electrons. The molecule has 0 spiro atoms. The Hall–Kier alpha value is -2.08. The molecule has 2 fully saturated rings. The number of carbonyl (C=O) groups excluding carboxylic acids is 2. The Morgan fingerprint density at radius 2 is 2.35 bits per heavy atom. The average molecular weight is 320 g/mol. The maximum Gasteiger partial charge on any atom is 0.334 e. The zero-order valence-electron chi connectivity index (χ0n) is 13.0. The van der Waals surface area contributed by atoms with Gasteiger partial charge in [0.25, 0.3) is 0 Å². The van der Waals surface area contributed by atoms with Gasteiger partial charge in [0.1, 0.15) is 12.7 Å². The first kappa shape index (κ1) is 15.8. The first-order valence-electron chi connectivity index (χ1n) is 7.63. The van der Waals surface area contributed by atoms with Crippen molar-refractivity contribution in [3.05, 3.63) is 36.3 Å². The van der Waals surface area contributed by atoms with Crippen LogP contribution >= 0.6 is 0 Å². The van der Waals surface area contributed by atoms with Gasteiger partial charge in [0.15, 0.2) is 0 Å².